The Kier molecular flexibility index (Phi) is 10.5. The van der Waals surface area contributed by atoms with E-state index in [1.54, 1.807) is 29.2 Å². The fraction of sp³-hybridized carbons (Fsp3) is 0.615. The summed E-state index contributed by atoms with van der Waals surface area (Å²) in [7, 11) is 0. The maximum Gasteiger partial charge on any atom is 0.410 e. The van der Waals surface area contributed by atoms with E-state index in [9.17, 15) is 14.4 Å². The summed E-state index contributed by atoms with van der Waals surface area (Å²) in [6.07, 6.45) is 5.72. The molecule has 9 heteroatoms. The molecule has 1 saturated heterocycles. The predicted octanol–water partition coefficient (Wildman–Crippen LogP) is 4.35. The minimum Gasteiger partial charge on any atom is -0.436 e. The van der Waals surface area contributed by atoms with E-state index in [0.717, 1.165) is 19.3 Å². The molecule has 2 aliphatic rings. The molecule has 1 unspecified atom stereocenters. The van der Waals surface area contributed by atoms with E-state index in [1.165, 1.54) is 19.3 Å². The van der Waals surface area contributed by atoms with E-state index in [0.29, 0.717) is 49.7 Å². The summed E-state index contributed by atoms with van der Waals surface area (Å²) in [4.78, 5) is 43.7. The van der Waals surface area contributed by atoms with Gasteiger partial charge in [0.05, 0.1) is 19.8 Å². The fourth-order valence-electron chi connectivity index (χ4n) is 4.40. The van der Waals surface area contributed by atoms with Gasteiger partial charge in [0.2, 0.25) is 5.78 Å². The lowest BCUT2D eigenvalue weighted by Gasteiger charge is -2.29. The Morgan fingerprint density at radius 3 is 2.54 bits per heavy atom. The molecule has 9 nitrogen and oxygen atoms in total. The highest BCUT2D eigenvalue weighted by Crippen LogP contribution is 2.28. The van der Waals surface area contributed by atoms with Gasteiger partial charge in [0.15, 0.2) is 11.7 Å². The highest BCUT2D eigenvalue weighted by atomic mass is 16.6. The fourth-order valence-corrected chi connectivity index (χ4v) is 4.40. The predicted molar refractivity (Wildman–Crippen MR) is 131 cm³/mol. The van der Waals surface area contributed by atoms with Gasteiger partial charge in [-0.1, -0.05) is 58.1 Å². The Morgan fingerprint density at radius 1 is 1.11 bits per heavy atom. The van der Waals surface area contributed by atoms with Gasteiger partial charge in [-0.2, -0.15) is 0 Å². The first-order chi connectivity index (χ1) is 17.1. The Bertz CT molecular complexity index is 930. The van der Waals surface area contributed by atoms with Crippen molar-refractivity contribution < 1.29 is 28.3 Å². The molecule has 2 fully saturated rings. The zero-order valence-electron chi connectivity index (χ0n) is 20.8. The van der Waals surface area contributed by atoms with Gasteiger partial charge in [-0.15, -0.1) is 0 Å². The van der Waals surface area contributed by atoms with Crippen molar-refractivity contribution in [2.45, 2.75) is 64.9 Å². The summed E-state index contributed by atoms with van der Waals surface area (Å²) in [6.45, 7) is 5.50. The molecule has 1 aromatic heterocycles. The number of morpholine rings is 1. The molecule has 1 aromatic carbocycles. The number of oxazole rings is 1. The van der Waals surface area contributed by atoms with Crippen LogP contribution in [0, 0.1) is 5.92 Å². The number of Topliss-reactive ketones (excluding diaryl/α,β-unsaturated/α-hetero) is 1. The quantitative estimate of drug-likeness (QED) is 0.551. The maximum absolute atomic E-state index is 12.9. The smallest absolute Gasteiger partial charge is 0.410 e. The summed E-state index contributed by atoms with van der Waals surface area (Å²) in [5.74, 6) is -0.431. The highest BCUT2D eigenvalue weighted by Gasteiger charge is 2.29. The Hall–Kier alpha value is -2.94. The molecular formula is C26H37N3O6. The molecular weight excluding hydrogens is 450 g/mol. The minimum atomic E-state index is -0.946. The van der Waals surface area contributed by atoms with Gasteiger partial charge in [-0.25, -0.2) is 9.78 Å². The number of rotatable bonds is 8. The number of amides is 2. The number of hydrogen-bond acceptors (Lipinski definition) is 7. The third-order valence-electron chi connectivity index (χ3n) is 6.32. The van der Waals surface area contributed by atoms with Crippen molar-refractivity contribution in [3.63, 3.8) is 0 Å². The van der Waals surface area contributed by atoms with E-state index < -0.39 is 23.9 Å². The van der Waals surface area contributed by atoms with Crippen molar-refractivity contribution in [3.8, 4) is 0 Å². The third-order valence-corrected chi connectivity index (χ3v) is 6.32. The summed E-state index contributed by atoms with van der Waals surface area (Å²) in [5.41, 5.74) is 1.09. The number of hydrogen-bond donors (Lipinski definition) is 1. The molecule has 192 valence electrons. The summed E-state index contributed by atoms with van der Waals surface area (Å²) in [6, 6.07) is 7.08. The van der Waals surface area contributed by atoms with Crippen LogP contribution in [0.15, 0.2) is 28.7 Å². The van der Waals surface area contributed by atoms with Gasteiger partial charge in [0.25, 0.3) is 11.8 Å². The van der Waals surface area contributed by atoms with Crippen molar-refractivity contribution in [3.05, 3.63) is 30.2 Å². The summed E-state index contributed by atoms with van der Waals surface area (Å²) >= 11 is 0. The molecule has 2 amide bonds. The molecule has 0 radical (unpaired) electrons. The molecule has 4 rings (SSSR count). The van der Waals surface area contributed by atoms with Crippen LogP contribution in [0.25, 0.3) is 11.1 Å². The average Bonchev–Trinajstić information content (AvgIpc) is 3.36. The summed E-state index contributed by atoms with van der Waals surface area (Å²) < 4.78 is 16.4. The van der Waals surface area contributed by atoms with Crippen LogP contribution >= 0.6 is 0 Å². The first-order valence-electron chi connectivity index (χ1n) is 12.8. The number of para-hydroxylation sites is 2. The molecule has 1 atom stereocenters. The van der Waals surface area contributed by atoms with Gasteiger partial charge in [-0.05, 0) is 30.9 Å². The van der Waals surface area contributed by atoms with E-state index in [4.69, 9.17) is 13.9 Å². The zero-order chi connectivity index (χ0) is 25.0. The number of fused-ring (bicyclic) bond motifs is 1. The summed E-state index contributed by atoms with van der Waals surface area (Å²) in [5, 5.41) is 2.61. The lowest BCUT2D eigenvalue weighted by molar-refractivity contribution is -0.130. The molecule has 2 aromatic rings. The largest absolute Gasteiger partial charge is 0.436 e. The molecule has 1 aliphatic carbocycles. The van der Waals surface area contributed by atoms with Crippen LogP contribution in [0.4, 0.5) is 4.79 Å². The second-order valence-electron chi connectivity index (χ2n) is 8.68. The number of benzene rings is 1. The molecule has 0 spiro atoms. The lowest BCUT2D eigenvalue weighted by Crippen LogP contribution is -2.46. The number of carbonyl (C=O) groups excluding carboxylic acids is 3. The lowest BCUT2D eigenvalue weighted by atomic mass is 9.85. The van der Waals surface area contributed by atoms with Crippen LogP contribution in [-0.4, -0.2) is 66.6 Å². The SMILES string of the molecule is CC.O=C(CNC(=O)C(CCC1CCCCC1)OC(=O)N1CCOCC1)c1nc2ccccc2o1. The highest BCUT2D eigenvalue weighted by molar-refractivity contribution is 5.98. The van der Waals surface area contributed by atoms with Gasteiger partial charge in [0.1, 0.15) is 5.52 Å². The standard InChI is InChI=1S/C24H31N3O6.C2H6/c28-19(23-26-18-8-4-5-9-20(18)32-23)16-25-22(29)21(11-10-17-6-2-1-3-7-17)33-24(30)27-12-14-31-15-13-27;1-2/h4-5,8-9,17,21H,1-3,6-7,10-16H2,(H,25,29);1-2H3. The Balaban J connectivity index is 0.00000167. The minimum absolute atomic E-state index is 0.0550. The molecule has 0 bridgehead atoms. The van der Waals surface area contributed by atoms with E-state index in [-0.39, 0.29) is 12.4 Å². The molecule has 1 N–H and O–H groups in total. The first-order valence-corrected chi connectivity index (χ1v) is 12.8. The number of ether oxygens (including phenoxy) is 2. The molecule has 1 aliphatic heterocycles. The van der Waals surface area contributed by atoms with Crippen molar-refractivity contribution in [1.29, 1.82) is 0 Å². The zero-order valence-corrected chi connectivity index (χ0v) is 20.8. The average molecular weight is 488 g/mol. The van der Waals surface area contributed by atoms with Gasteiger partial charge in [0, 0.05) is 13.1 Å². The number of ketones is 1. The normalized spacial score (nSPS) is 17.3. The van der Waals surface area contributed by atoms with Gasteiger partial charge < -0.3 is 24.1 Å². The maximum atomic E-state index is 12.9. The molecule has 35 heavy (non-hydrogen) atoms. The van der Waals surface area contributed by atoms with Crippen molar-refractivity contribution in [1.82, 2.24) is 15.2 Å². The van der Waals surface area contributed by atoms with Crippen LogP contribution in [0.3, 0.4) is 0 Å². The van der Waals surface area contributed by atoms with Gasteiger partial charge in [-0.3, -0.25) is 9.59 Å². The number of nitrogens with zero attached hydrogens (tertiary/aromatic N) is 2. The molecule has 1 saturated carbocycles. The molecule has 2 heterocycles. The van der Waals surface area contributed by atoms with Crippen LogP contribution in [0.1, 0.15) is 69.5 Å². The third kappa shape index (κ3) is 7.78. The van der Waals surface area contributed by atoms with Crippen LogP contribution in [0.5, 0.6) is 0 Å². The number of nitrogens with one attached hydrogen (secondary N) is 1. The van der Waals surface area contributed by atoms with Crippen LogP contribution in [-0.2, 0) is 14.3 Å². The van der Waals surface area contributed by atoms with E-state index in [1.807, 2.05) is 13.8 Å². The van der Waals surface area contributed by atoms with Gasteiger partial charge >= 0.3 is 6.09 Å². The monoisotopic (exact) mass is 487 g/mol. The second kappa shape index (κ2) is 13.8. The number of aromatic nitrogens is 1. The van der Waals surface area contributed by atoms with E-state index in [2.05, 4.69) is 10.3 Å². The van der Waals surface area contributed by atoms with E-state index >= 15 is 0 Å². The van der Waals surface area contributed by atoms with Crippen LogP contribution in [0.2, 0.25) is 0 Å². The Labute approximate surface area is 206 Å². The van der Waals surface area contributed by atoms with Crippen LogP contribution < -0.4 is 5.32 Å². The first kappa shape index (κ1) is 26.7. The Morgan fingerprint density at radius 2 is 1.83 bits per heavy atom. The van der Waals surface area contributed by atoms with Crippen molar-refractivity contribution >= 4 is 28.9 Å². The second-order valence-corrected chi connectivity index (χ2v) is 8.68. The number of carbonyl (C=O) groups is 3. The van der Waals surface area contributed by atoms with Crippen molar-refractivity contribution in [2.75, 3.05) is 32.8 Å². The van der Waals surface area contributed by atoms with Crippen molar-refractivity contribution in [2.24, 2.45) is 5.92 Å². The topological polar surface area (TPSA) is 111 Å².